The van der Waals surface area contributed by atoms with Gasteiger partial charge >= 0.3 is 0 Å². The standard InChI is InChI=1S/C31H32FN5OS/c1-19-8-7-9-20(2)29(19)37-21(3)18-25(22(37)4)30-28(26-10-5-6-16-33-26)35-31(39)36(30)17-15-27(38)34-24-13-11-23(32)12-14-24/h5-14,16,18,28,30H,15,17H2,1-4H3,(H,34,38)(H,35,39)/t28-,30+/m0/s1. The number of anilines is 1. The Labute approximate surface area is 233 Å². The molecule has 0 unspecified atom stereocenters. The van der Waals surface area contributed by atoms with Crippen LogP contribution in [0.1, 0.15) is 52.3 Å². The van der Waals surface area contributed by atoms with Gasteiger partial charge in [0, 0.05) is 36.2 Å². The van der Waals surface area contributed by atoms with Gasteiger partial charge in [0.25, 0.3) is 0 Å². The molecule has 0 radical (unpaired) electrons. The predicted octanol–water partition coefficient (Wildman–Crippen LogP) is 6.25. The number of para-hydroxylation sites is 1. The third kappa shape index (κ3) is 5.29. The first-order chi connectivity index (χ1) is 18.7. The van der Waals surface area contributed by atoms with E-state index in [-0.39, 0.29) is 30.2 Å². The van der Waals surface area contributed by atoms with E-state index in [1.807, 2.05) is 18.2 Å². The molecule has 2 aromatic carbocycles. The van der Waals surface area contributed by atoms with Crippen molar-refractivity contribution in [3.8, 4) is 5.69 Å². The van der Waals surface area contributed by atoms with Gasteiger partial charge in [-0.3, -0.25) is 9.78 Å². The van der Waals surface area contributed by atoms with Crippen LogP contribution in [0.3, 0.4) is 0 Å². The molecule has 0 aliphatic carbocycles. The average molecular weight is 542 g/mol. The molecule has 1 saturated heterocycles. The molecule has 1 aliphatic heterocycles. The monoisotopic (exact) mass is 541 g/mol. The number of aromatic nitrogens is 2. The molecule has 3 heterocycles. The van der Waals surface area contributed by atoms with Crippen LogP contribution in [0.15, 0.2) is 72.9 Å². The zero-order valence-electron chi connectivity index (χ0n) is 22.5. The number of aryl methyl sites for hydroxylation is 3. The van der Waals surface area contributed by atoms with Crippen LogP contribution in [0.25, 0.3) is 5.69 Å². The molecule has 0 saturated carbocycles. The smallest absolute Gasteiger partial charge is 0.226 e. The highest BCUT2D eigenvalue weighted by Crippen LogP contribution is 2.42. The zero-order chi connectivity index (χ0) is 27.7. The Morgan fingerprint density at radius 1 is 1.03 bits per heavy atom. The van der Waals surface area contributed by atoms with E-state index >= 15 is 0 Å². The van der Waals surface area contributed by atoms with Crippen LogP contribution in [-0.2, 0) is 4.79 Å². The Hall–Kier alpha value is -4.04. The van der Waals surface area contributed by atoms with E-state index in [2.05, 4.69) is 77.0 Å². The quantitative estimate of drug-likeness (QED) is 0.271. The Kier molecular flexibility index (Phi) is 7.48. The molecular weight excluding hydrogens is 509 g/mol. The third-order valence-corrected chi connectivity index (χ3v) is 7.71. The lowest BCUT2D eigenvalue weighted by molar-refractivity contribution is -0.116. The van der Waals surface area contributed by atoms with E-state index in [1.165, 1.54) is 28.9 Å². The number of halogens is 1. The Bertz CT molecular complexity index is 1500. The topological polar surface area (TPSA) is 62.2 Å². The summed E-state index contributed by atoms with van der Waals surface area (Å²) in [5.41, 5.74) is 8.44. The van der Waals surface area contributed by atoms with Gasteiger partial charge in [0.2, 0.25) is 5.91 Å². The summed E-state index contributed by atoms with van der Waals surface area (Å²) in [6.07, 6.45) is 2.01. The van der Waals surface area contributed by atoms with Crippen LogP contribution in [0.5, 0.6) is 0 Å². The van der Waals surface area contributed by atoms with Gasteiger partial charge in [0.15, 0.2) is 5.11 Å². The number of thiocarbonyl (C=S) groups is 1. The van der Waals surface area contributed by atoms with Crippen molar-refractivity contribution in [3.05, 3.63) is 113 Å². The minimum atomic E-state index is -0.344. The van der Waals surface area contributed by atoms with Crippen molar-refractivity contribution < 1.29 is 9.18 Å². The second-order valence-corrected chi connectivity index (χ2v) is 10.4. The van der Waals surface area contributed by atoms with Gasteiger partial charge in [0.1, 0.15) is 5.82 Å². The predicted molar refractivity (Wildman–Crippen MR) is 157 cm³/mol. The molecule has 8 heteroatoms. The fraction of sp³-hybridized carbons (Fsp3) is 0.258. The molecule has 5 rings (SSSR count). The van der Waals surface area contributed by atoms with Crippen molar-refractivity contribution in [2.45, 2.75) is 46.2 Å². The van der Waals surface area contributed by atoms with E-state index in [0.29, 0.717) is 17.3 Å². The Balaban J connectivity index is 1.49. The molecule has 2 aromatic heterocycles. The first-order valence-electron chi connectivity index (χ1n) is 13.0. The van der Waals surface area contributed by atoms with Crippen LogP contribution in [0, 0.1) is 33.5 Å². The van der Waals surface area contributed by atoms with Crippen molar-refractivity contribution in [2.75, 3.05) is 11.9 Å². The molecule has 1 amide bonds. The van der Waals surface area contributed by atoms with E-state index < -0.39 is 0 Å². The number of pyridine rings is 1. The van der Waals surface area contributed by atoms with Gasteiger partial charge in [-0.1, -0.05) is 24.3 Å². The maximum Gasteiger partial charge on any atom is 0.226 e. The molecule has 1 aliphatic rings. The molecular formula is C31H32FN5OS. The fourth-order valence-corrected chi connectivity index (χ4v) is 5.88. The van der Waals surface area contributed by atoms with Crippen molar-refractivity contribution in [3.63, 3.8) is 0 Å². The number of amides is 1. The number of benzene rings is 2. The summed E-state index contributed by atoms with van der Waals surface area (Å²) in [6.45, 7) is 8.95. The highest BCUT2D eigenvalue weighted by molar-refractivity contribution is 7.80. The largest absolute Gasteiger partial charge is 0.352 e. The molecule has 1 fully saturated rings. The minimum absolute atomic E-state index is 0.157. The Morgan fingerprint density at radius 3 is 2.41 bits per heavy atom. The number of rotatable bonds is 7. The third-order valence-electron chi connectivity index (χ3n) is 7.36. The maximum absolute atomic E-state index is 13.3. The lowest BCUT2D eigenvalue weighted by Crippen LogP contribution is -2.32. The van der Waals surface area contributed by atoms with Crippen molar-refractivity contribution >= 4 is 28.9 Å². The molecule has 2 N–H and O–H groups in total. The lowest BCUT2D eigenvalue weighted by Gasteiger charge is -2.28. The molecule has 4 aromatic rings. The highest BCUT2D eigenvalue weighted by Gasteiger charge is 2.41. The van der Waals surface area contributed by atoms with Gasteiger partial charge in [-0.15, -0.1) is 0 Å². The second kappa shape index (κ2) is 11.0. The first kappa shape index (κ1) is 26.6. The number of hydrogen-bond donors (Lipinski definition) is 2. The molecule has 0 bridgehead atoms. The molecule has 0 spiro atoms. The van der Waals surface area contributed by atoms with Gasteiger partial charge in [0.05, 0.1) is 23.5 Å². The summed E-state index contributed by atoms with van der Waals surface area (Å²) in [6, 6.07) is 19.9. The number of nitrogens with zero attached hydrogens (tertiary/aromatic N) is 3. The van der Waals surface area contributed by atoms with E-state index in [4.69, 9.17) is 12.2 Å². The van der Waals surface area contributed by atoms with Crippen LogP contribution in [0.4, 0.5) is 10.1 Å². The molecule has 39 heavy (non-hydrogen) atoms. The van der Waals surface area contributed by atoms with Crippen LogP contribution in [-0.4, -0.2) is 32.0 Å². The fourth-order valence-electron chi connectivity index (χ4n) is 5.55. The van der Waals surface area contributed by atoms with Gasteiger partial charge in [-0.25, -0.2) is 4.39 Å². The van der Waals surface area contributed by atoms with Crippen LogP contribution >= 0.6 is 12.2 Å². The average Bonchev–Trinajstić information content (AvgIpc) is 3.39. The maximum atomic E-state index is 13.3. The number of carbonyl (C=O) groups is 1. The summed E-state index contributed by atoms with van der Waals surface area (Å²) in [5.74, 6) is -0.506. The van der Waals surface area contributed by atoms with Crippen molar-refractivity contribution in [1.82, 2.24) is 19.8 Å². The summed E-state index contributed by atoms with van der Waals surface area (Å²) in [5, 5.41) is 6.92. The van der Waals surface area contributed by atoms with Crippen LogP contribution in [0.2, 0.25) is 0 Å². The second-order valence-electron chi connectivity index (χ2n) is 10.0. The van der Waals surface area contributed by atoms with Gasteiger partial charge in [-0.05, 0) is 99.1 Å². The van der Waals surface area contributed by atoms with E-state index in [0.717, 1.165) is 22.6 Å². The Morgan fingerprint density at radius 2 is 1.74 bits per heavy atom. The van der Waals surface area contributed by atoms with Gasteiger partial charge in [-0.2, -0.15) is 0 Å². The zero-order valence-corrected chi connectivity index (χ0v) is 23.3. The summed E-state index contributed by atoms with van der Waals surface area (Å²) >= 11 is 5.82. The van der Waals surface area contributed by atoms with Crippen molar-refractivity contribution in [2.24, 2.45) is 0 Å². The summed E-state index contributed by atoms with van der Waals surface area (Å²) in [4.78, 5) is 19.6. The van der Waals surface area contributed by atoms with Crippen LogP contribution < -0.4 is 10.6 Å². The SMILES string of the molecule is Cc1cccc(C)c1-n1c(C)cc([C@@H]2[C@H](c3ccccn3)NC(=S)N2CCC(=O)Nc2ccc(F)cc2)c1C. The summed E-state index contributed by atoms with van der Waals surface area (Å²) < 4.78 is 15.6. The normalized spacial score (nSPS) is 16.8. The first-order valence-corrected chi connectivity index (χ1v) is 13.4. The molecule has 200 valence electrons. The number of nitrogens with one attached hydrogen (secondary N) is 2. The van der Waals surface area contributed by atoms with Gasteiger partial charge < -0.3 is 20.1 Å². The highest BCUT2D eigenvalue weighted by atomic mass is 32.1. The number of carbonyl (C=O) groups excluding carboxylic acids is 1. The number of hydrogen-bond acceptors (Lipinski definition) is 3. The van der Waals surface area contributed by atoms with E-state index in [1.54, 1.807) is 18.3 Å². The molecule has 6 nitrogen and oxygen atoms in total. The molecule has 2 atom stereocenters. The van der Waals surface area contributed by atoms with Crippen molar-refractivity contribution in [1.29, 1.82) is 0 Å². The minimum Gasteiger partial charge on any atom is -0.352 e. The van der Waals surface area contributed by atoms with E-state index in [9.17, 15) is 9.18 Å². The lowest BCUT2D eigenvalue weighted by atomic mass is 9.96. The summed E-state index contributed by atoms with van der Waals surface area (Å²) in [7, 11) is 0.